The second-order valence-electron chi connectivity index (χ2n) is 5.08. The lowest BCUT2D eigenvalue weighted by Gasteiger charge is -2.07. The molecule has 6 nitrogen and oxygen atoms in total. The molecule has 0 aliphatic carbocycles. The molecule has 6 heteroatoms. The van der Waals surface area contributed by atoms with E-state index in [0.29, 0.717) is 29.6 Å². The lowest BCUT2D eigenvalue weighted by molar-refractivity contribution is 0.0954. The summed E-state index contributed by atoms with van der Waals surface area (Å²) in [5.41, 5.74) is 2.47. The van der Waals surface area contributed by atoms with Gasteiger partial charge in [-0.05, 0) is 42.3 Å². The zero-order valence-corrected chi connectivity index (χ0v) is 12.6. The van der Waals surface area contributed by atoms with E-state index in [4.69, 9.17) is 9.15 Å². The highest BCUT2D eigenvalue weighted by atomic mass is 16.5. The predicted octanol–water partition coefficient (Wildman–Crippen LogP) is 2.10. The summed E-state index contributed by atoms with van der Waals surface area (Å²) in [6.07, 6.45) is 0.699. The molecule has 1 amide bonds. The molecule has 0 fully saturated rings. The van der Waals surface area contributed by atoms with Crippen LogP contribution in [0.5, 0.6) is 5.75 Å². The molecule has 1 heterocycles. The van der Waals surface area contributed by atoms with Crippen LogP contribution in [-0.4, -0.2) is 24.5 Å². The number of nitrogens with one attached hydrogen (secondary N) is 2. The summed E-state index contributed by atoms with van der Waals surface area (Å²) in [4.78, 5) is 25.8. The molecule has 118 valence electrons. The molecule has 0 saturated heterocycles. The number of benzene rings is 2. The lowest BCUT2D eigenvalue weighted by Crippen LogP contribution is -2.25. The van der Waals surface area contributed by atoms with Gasteiger partial charge in [-0.25, -0.2) is 4.79 Å². The third kappa shape index (κ3) is 3.42. The maximum atomic E-state index is 12.1. The van der Waals surface area contributed by atoms with E-state index in [1.54, 1.807) is 25.3 Å². The van der Waals surface area contributed by atoms with Crippen LogP contribution in [0, 0.1) is 0 Å². The highest BCUT2D eigenvalue weighted by molar-refractivity contribution is 5.96. The number of aromatic nitrogens is 1. The van der Waals surface area contributed by atoms with Gasteiger partial charge in [0.1, 0.15) is 5.75 Å². The zero-order valence-electron chi connectivity index (χ0n) is 12.6. The molecular weight excluding hydrogens is 296 g/mol. The van der Waals surface area contributed by atoms with E-state index in [9.17, 15) is 9.59 Å². The third-order valence-corrected chi connectivity index (χ3v) is 3.52. The Balaban J connectivity index is 1.62. The first-order valence-corrected chi connectivity index (χ1v) is 7.20. The maximum absolute atomic E-state index is 12.1. The zero-order chi connectivity index (χ0) is 16.2. The average Bonchev–Trinajstić information content (AvgIpc) is 2.94. The van der Waals surface area contributed by atoms with E-state index in [-0.39, 0.29) is 5.91 Å². The molecule has 0 aliphatic rings. The normalized spacial score (nSPS) is 10.7. The molecular formula is C17H16N2O4. The number of rotatable bonds is 5. The van der Waals surface area contributed by atoms with E-state index in [2.05, 4.69) is 10.3 Å². The monoisotopic (exact) mass is 312 g/mol. The van der Waals surface area contributed by atoms with Crippen LogP contribution in [-0.2, 0) is 6.42 Å². The van der Waals surface area contributed by atoms with E-state index >= 15 is 0 Å². The van der Waals surface area contributed by atoms with Crippen LogP contribution in [0.4, 0.5) is 0 Å². The summed E-state index contributed by atoms with van der Waals surface area (Å²) in [5, 5.41) is 2.85. The van der Waals surface area contributed by atoms with E-state index in [1.807, 2.05) is 24.3 Å². The molecule has 0 bridgehead atoms. The highest BCUT2D eigenvalue weighted by Crippen LogP contribution is 2.14. The van der Waals surface area contributed by atoms with Gasteiger partial charge in [-0.2, -0.15) is 0 Å². The molecule has 0 aliphatic heterocycles. The number of amides is 1. The molecule has 2 aromatic carbocycles. The van der Waals surface area contributed by atoms with Crippen LogP contribution in [0.25, 0.3) is 11.1 Å². The van der Waals surface area contributed by atoms with Gasteiger partial charge < -0.3 is 14.5 Å². The van der Waals surface area contributed by atoms with E-state index < -0.39 is 5.76 Å². The topological polar surface area (TPSA) is 84.3 Å². The lowest BCUT2D eigenvalue weighted by atomic mass is 10.1. The van der Waals surface area contributed by atoms with Crippen LogP contribution >= 0.6 is 0 Å². The number of carbonyl (C=O) groups is 1. The third-order valence-electron chi connectivity index (χ3n) is 3.52. The molecule has 2 N–H and O–H groups in total. The molecule has 0 radical (unpaired) electrons. The Kier molecular flexibility index (Phi) is 4.14. The van der Waals surface area contributed by atoms with Gasteiger partial charge in [-0.1, -0.05) is 12.1 Å². The molecule has 0 saturated carbocycles. The molecule has 3 aromatic rings. The largest absolute Gasteiger partial charge is 0.497 e. The number of hydrogen-bond donors (Lipinski definition) is 2. The number of methoxy groups -OCH3 is 1. The summed E-state index contributed by atoms with van der Waals surface area (Å²) in [7, 11) is 1.62. The summed E-state index contributed by atoms with van der Waals surface area (Å²) in [6, 6.07) is 12.6. The Hall–Kier alpha value is -3.02. The van der Waals surface area contributed by atoms with Crippen molar-refractivity contribution in [3.8, 4) is 5.75 Å². The quantitative estimate of drug-likeness (QED) is 0.755. The van der Waals surface area contributed by atoms with Crippen molar-refractivity contribution >= 4 is 17.0 Å². The van der Waals surface area contributed by atoms with Crippen molar-refractivity contribution in [1.29, 1.82) is 0 Å². The summed E-state index contributed by atoms with van der Waals surface area (Å²) < 4.78 is 10.1. The van der Waals surface area contributed by atoms with Crippen LogP contribution in [0.15, 0.2) is 51.7 Å². The number of aromatic amines is 1. The second kappa shape index (κ2) is 6.39. The van der Waals surface area contributed by atoms with Gasteiger partial charge >= 0.3 is 5.76 Å². The van der Waals surface area contributed by atoms with Crippen LogP contribution in [0.3, 0.4) is 0 Å². The second-order valence-corrected chi connectivity index (χ2v) is 5.08. The fraction of sp³-hybridized carbons (Fsp3) is 0.176. The maximum Gasteiger partial charge on any atom is 0.417 e. The Morgan fingerprint density at radius 3 is 2.96 bits per heavy atom. The van der Waals surface area contributed by atoms with Gasteiger partial charge in [0.15, 0.2) is 5.58 Å². The smallest absolute Gasteiger partial charge is 0.417 e. The first kappa shape index (κ1) is 14.9. The van der Waals surface area contributed by atoms with Crippen molar-refractivity contribution in [3.05, 3.63) is 64.1 Å². The van der Waals surface area contributed by atoms with Gasteiger partial charge in [0.05, 0.1) is 12.6 Å². The van der Waals surface area contributed by atoms with Gasteiger partial charge in [0.2, 0.25) is 0 Å². The number of fused-ring (bicyclic) bond motifs is 1. The minimum absolute atomic E-state index is 0.210. The fourth-order valence-electron chi connectivity index (χ4n) is 2.34. The number of oxazole rings is 1. The Bertz CT molecular complexity index is 895. The van der Waals surface area contributed by atoms with Crippen molar-refractivity contribution in [3.63, 3.8) is 0 Å². The predicted molar refractivity (Wildman–Crippen MR) is 85.9 cm³/mol. The summed E-state index contributed by atoms with van der Waals surface area (Å²) in [5.74, 6) is 0.0518. The van der Waals surface area contributed by atoms with Gasteiger partial charge in [0.25, 0.3) is 5.91 Å². The first-order chi connectivity index (χ1) is 11.2. The molecule has 1 aromatic heterocycles. The van der Waals surface area contributed by atoms with Crippen molar-refractivity contribution in [2.75, 3.05) is 13.7 Å². The number of ether oxygens (including phenoxy) is 1. The summed E-state index contributed by atoms with van der Waals surface area (Å²) >= 11 is 0. The fourth-order valence-corrected chi connectivity index (χ4v) is 2.34. The van der Waals surface area contributed by atoms with Crippen molar-refractivity contribution < 1.29 is 13.9 Å². The van der Waals surface area contributed by atoms with Crippen LogP contribution in [0.2, 0.25) is 0 Å². The van der Waals surface area contributed by atoms with Crippen LogP contribution in [0.1, 0.15) is 15.9 Å². The van der Waals surface area contributed by atoms with E-state index in [0.717, 1.165) is 11.3 Å². The molecule has 0 unspecified atom stereocenters. The number of hydrogen-bond acceptors (Lipinski definition) is 4. The Labute approximate surface area is 132 Å². The standard InChI is InChI=1S/C17H16N2O4/c1-22-13-4-2-3-11(9-13)7-8-18-16(20)12-5-6-14-15(10-12)23-17(21)19-14/h2-6,9-10H,7-8H2,1H3,(H,18,20)(H,19,21). The SMILES string of the molecule is COc1cccc(CCNC(=O)c2ccc3[nH]c(=O)oc3c2)c1. The minimum Gasteiger partial charge on any atom is -0.497 e. The number of H-pyrrole nitrogens is 1. The summed E-state index contributed by atoms with van der Waals surface area (Å²) in [6.45, 7) is 0.501. The van der Waals surface area contributed by atoms with Crippen LogP contribution < -0.4 is 15.8 Å². The van der Waals surface area contributed by atoms with Crippen molar-refractivity contribution in [1.82, 2.24) is 10.3 Å². The van der Waals surface area contributed by atoms with E-state index in [1.165, 1.54) is 0 Å². The van der Waals surface area contributed by atoms with Gasteiger partial charge in [-0.15, -0.1) is 0 Å². The average molecular weight is 312 g/mol. The molecule has 0 atom stereocenters. The first-order valence-electron chi connectivity index (χ1n) is 7.20. The van der Waals surface area contributed by atoms with Crippen molar-refractivity contribution in [2.24, 2.45) is 0 Å². The molecule has 23 heavy (non-hydrogen) atoms. The van der Waals surface area contributed by atoms with Crippen molar-refractivity contribution in [2.45, 2.75) is 6.42 Å². The molecule has 3 rings (SSSR count). The van der Waals surface area contributed by atoms with Gasteiger partial charge in [0, 0.05) is 12.1 Å². The Morgan fingerprint density at radius 2 is 2.13 bits per heavy atom. The number of carbonyl (C=O) groups excluding carboxylic acids is 1. The van der Waals surface area contributed by atoms with Gasteiger partial charge in [-0.3, -0.25) is 9.78 Å². The highest BCUT2D eigenvalue weighted by Gasteiger charge is 2.08. The minimum atomic E-state index is -0.532. The Morgan fingerprint density at radius 1 is 1.26 bits per heavy atom. The molecule has 0 spiro atoms.